The average Bonchev–Trinajstić information content (AvgIpc) is 2.74. The van der Waals surface area contributed by atoms with E-state index in [9.17, 15) is 9.90 Å². The number of hydrogen-bond acceptors (Lipinski definition) is 4. The number of rotatable bonds is 7. The molecule has 1 aromatic heterocycles. The van der Waals surface area contributed by atoms with E-state index >= 15 is 0 Å². The van der Waals surface area contributed by atoms with Crippen LogP contribution in [0.3, 0.4) is 0 Å². The van der Waals surface area contributed by atoms with E-state index in [2.05, 4.69) is 28.6 Å². The number of nitrogens with one attached hydrogen (secondary N) is 2. The van der Waals surface area contributed by atoms with E-state index in [1.54, 1.807) is 6.07 Å². The van der Waals surface area contributed by atoms with Crippen molar-refractivity contribution < 1.29 is 9.90 Å². The Morgan fingerprint density at radius 2 is 1.84 bits per heavy atom. The van der Waals surface area contributed by atoms with E-state index in [-0.39, 0.29) is 18.2 Å². The van der Waals surface area contributed by atoms with Crippen LogP contribution < -0.4 is 10.6 Å². The first-order valence-corrected chi connectivity index (χ1v) is 10.7. The molecular weight excluding hydrogens is 386 g/mol. The summed E-state index contributed by atoms with van der Waals surface area (Å²) in [6.07, 6.45) is 3.66. The molecule has 0 atom stereocenters. The summed E-state index contributed by atoms with van der Waals surface area (Å²) in [7, 11) is 1.85. The third kappa shape index (κ3) is 5.05. The Kier molecular flexibility index (Phi) is 6.95. The molecule has 1 heterocycles. The SMILES string of the molecule is CCCc1cc(C)cc(O)c1CNC(=O)c1cc(-c2ccc(C)nc2)cc(NC)c1C. The Balaban J connectivity index is 1.92. The smallest absolute Gasteiger partial charge is 0.251 e. The maximum Gasteiger partial charge on any atom is 0.251 e. The highest BCUT2D eigenvalue weighted by molar-refractivity contribution is 5.98. The monoisotopic (exact) mass is 417 g/mol. The Hall–Kier alpha value is -3.34. The molecule has 0 fully saturated rings. The zero-order valence-corrected chi connectivity index (χ0v) is 19.0. The highest BCUT2D eigenvalue weighted by Crippen LogP contribution is 2.29. The van der Waals surface area contributed by atoms with Crippen LogP contribution in [0, 0.1) is 20.8 Å². The average molecular weight is 418 g/mol. The van der Waals surface area contributed by atoms with E-state index in [1.165, 1.54) is 0 Å². The molecule has 31 heavy (non-hydrogen) atoms. The van der Waals surface area contributed by atoms with Crippen LogP contribution in [0.1, 0.15) is 51.7 Å². The van der Waals surface area contributed by atoms with Gasteiger partial charge in [0.25, 0.3) is 5.91 Å². The van der Waals surface area contributed by atoms with Crippen LogP contribution >= 0.6 is 0 Å². The lowest BCUT2D eigenvalue weighted by molar-refractivity contribution is 0.0950. The third-order valence-electron chi connectivity index (χ3n) is 5.57. The van der Waals surface area contributed by atoms with Crippen molar-refractivity contribution in [2.45, 2.75) is 47.1 Å². The zero-order valence-electron chi connectivity index (χ0n) is 19.0. The van der Waals surface area contributed by atoms with E-state index in [1.807, 2.05) is 58.3 Å². The number of aromatic nitrogens is 1. The normalized spacial score (nSPS) is 10.7. The van der Waals surface area contributed by atoms with Crippen LogP contribution in [-0.4, -0.2) is 23.0 Å². The molecule has 0 saturated heterocycles. The van der Waals surface area contributed by atoms with Gasteiger partial charge in [0.15, 0.2) is 0 Å². The molecule has 3 rings (SSSR count). The minimum Gasteiger partial charge on any atom is -0.508 e. The van der Waals surface area contributed by atoms with E-state index in [0.717, 1.165) is 57.6 Å². The molecule has 2 aromatic carbocycles. The Morgan fingerprint density at radius 3 is 2.48 bits per heavy atom. The largest absolute Gasteiger partial charge is 0.508 e. The summed E-state index contributed by atoms with van der Waals surface area (Å²) < 4.78 is 0. The molecule has 0 radical (unpaired) electrons. The minimum absolute atomic E-state index is 0.168. The van der Waals surface area contributed by atoms with Crippen molar-refractivity contribution >= 4 is 11.6 Å². The van der Waals surface area contributed by atoms with Crippen LogP contribution in [0.2, 0.25) is 0 Å². The number of hydrogen-bond donors (Lipinski definition) is 3. The van der Waals surface area contributed by atoms with Gasteiger partial charge in [-0.3, -0.25) is 9.78 Å². The van der Waals surface area contributed by atoms with Crippen molar-refractivity contribution in [3.63, 3.8) is 0 Å². The number of anilines is 1. The summed E-state index contributed by atoms with van der Waals surface area (Å²) in [5.41, 5.74) is 8.09. The zero-order chi connectivity index (χ0) is 22.5. The Labute approximate surface area is 184 Å². The number of aryl methyl sites for hydroxylation is 3. The second kappa shape index (κ2) is 9.65. The number of aromatic hydroxyl groups is 1. The van der Waals surface area contributed by atoms with Crippen molar-refractivity contribution in [3.05, 3.63) is 76.1 Å². The maximum absolute atomic E-state index is 13.2. The van der Waals surface area contributed by atoms with Crippen LogP contribution in [0.25, 0.3) is 11.1 Å². The lowest BCUT2D eigenvalue weighted by atomic mass is 9.97. The molecule has 0 aliphatic carbocycles. The van der Waals surface area contributed by atoms with E-state index in [4.69, 9.17) is 0 Å². The molecule has 0 saturated carbocycles. The van der Waals surface area contributed by atoms with Crippen LogP contribution in [-0.2, 0) is 13.0 Å². The summed E-state index contributed by atoms with van der Waals surface area (Å²) in [5.74, 6) is 0.0641. The van der Waals surface area contributed by atoms with Crippen molar-refractivity contribution in [2.24, 2.45) is 0 Å². The second-order valence-corrected chi connectivity index (χ2v) is 7.99. The van der Waals surface area contributed by atoms with Gasteiger partial charge in [-0.15, -0.1) is 0 Å². The lowest BCUT2D eigenvalue weighted by Gasteiger charge is -2.16. The first-order chi connectivity index (χ1) is 14.8. The van der Waals surface area contributed by atoms with Gasteiger partial charge in [-0.25, -0.2) is 0 Å². The second-order valence-electron chi connectivity index (χ2n) is 7.99. The molecule has 3 N–H and O–H groups in total. The van der Waals surface area contributed by atoms with Gasteiger partial charge < -0.3 is 15.7 Å². The molecular formula is C26H31N3O2. The molecule has 0 bridgehead atoms. The number of nitrogens with zero attached hydrogens (tertiary/aromatic N) is 1. The van der Waals surface area contributed by atoms with Gasteiger partial charge >= 0.3 is 0 Å². The predicted octanol–water partition coefficient (Wildman–Crippen LogP) is 5.30. The summed E-state index contributed by atoms with van der Waals surface area (Å²) >= 11 is 0. The minimum atomic E-state index is -0.168. The van der Waals surface area contributed by atoms with Crippen molar-refractivity contribution in [1.29, 1.82) is 0 Å². The quantitative estimate of drug-likeness (QED) is 0.487. The maximum atomic E-state index is 13.2. The highest BCUT2D eigenvalue weighted by Gasteiger charge is 2.16. The Morgan fingerprint density at radius 1 is 1.06 bits per heavy atom. The van der Waals surface area contributed by atoms with Gasteiger partial charge in [0.1, 0.15) is 5.75 Å². The van der Waals surface area contributed by atoms with Crippen LogP contribution in [0.5, 0.6) is 5.75 Å². The molecule has 3 aromatic rings. The summed E-state index contributed by atoms with van der Waals surface area (Å²) in [6.45, 7) is 8.24. The lowest BCUT2D eigenvalue weighted by Crippen LogP contribution is -2.24. The molecule has 162 valence electrons. The van der Waals surface area contributed by atoms with E-state index in [0.29, 0.717) is 5.56 Å². The number of benzene rings is 2. The van der Waals surface area contributed by atoms with Crippen molar-refractivity contribution in [3.8, 4) is 16.9 Å². The molecule has 5 heteroatoms. The predicted molar refractivity (Wildman–Crippen MR) is 127 cm³/mol. The molecule has 5 nitrogen and oxygen atoms in total. The van der Waals surface area contributed by atoms with Gasteiger partial charge in [0.05, 0.1) is 0 Å². The number of carbonyl (C=O) groups is 1. The molecule has 1 amide bonds. The van der Waals surface area contributed by atoms with E-state index < -0.39 is 0 Å². The van der Waals surface area contributed by atoms with Crippen molar-refractivity contribution in [1.82, 2.24) is 10.3 Å². The summed E-state index contributed by atoms with van der Waals surface area (Å²) in [4.78, 5) is 17.5. The molecule has 0 aliphatic heterocycles. The fourth-order valence-electron chi connectivity index (χ4n) is 3.85. The highest BCUT2D eigenvalue weighted by atomic mass is 16.3. The Bertz CT molecular complexity index is 1090. The number of carbonyl (C=O) groups excluding carboxylic acids is 1. The standard InChI is InChI=1S/C26H31N3O2/c1-6-7-19-10-16(2)11-25(30)23(19)15-29-26(31)22-12-21(13-24(27-5)18(22)4)20-9-8-17(3)28-14-20/h8-14,27,30H,6-7,15H2,1-5H3,(H,29,31). The first kappa shape index (κ1) is 22.3. The number of pyridine rings is 1. The number of phenols is 1. The number of phenolic OH excluding ortho intramolecular Hbond substituents is 1. The number of amides is 1. The summed E-state index contributed by atoms with van der Waals surface area (Å²) in [5, 5.41) is 16.7. The van der Waals surface area contributed by atoms with Crippen molar-refractivity contribution in [2.75, 3.05) is 12.4 Å². The van der Waals surface area contributed by atoms with Gasteiger partial charge in [0.2, 0.25) is 0 Å². The summed E-state index contributed by atoms with van der Waals surface area (Å²) in [6, 6.07) is 11.7. The van der Waals surface area contributed by atoms with Gasteiger partial charge in [0, 0.05) is 47.9 Å². The van der Waals surface area contributed by atoms with Crippen LogP contribution in [0.4, 0.5) is 5.69 Å². The fraction of sp³-hybridized carbons (Fsp3) is 0.308. The third-order valence-corrected chi connectivity index (χ3v) is 5.57. The fourth-order valence-corrected chi connectivity index (χ4v) is 3.85. The van der Waals surface area contributed by atoms with Gasteiger partial charge in [-0.2, -0.15) is 0 Å². The van der Waals surface area contributed by atoms with Gasteiger partial charge in [-0.05, 0) is 73.7 Å². The topological polar surface area (TPSA) is 74.2 Å². The molecule has 0 unspecified atom stereocenters. The molecule has 0 aliphatic rings. The first-order valence-electron chi connectivity index (χ1n) is 10.7. The van der Waals surface area contributed by atoms with Crippen LogP contribution in [0.15, 0.2) is 42.6 Å². The molecule has 0 spiro atoms. The van der Waals surface area contributed by atoms with Gasteiger partial charge in [-0.1, -0.05) is 25.5 Å².